The summed E-state index contributed by atoms with van der Waals surface area (Å²) < 4.78 is 5.80. The summed E-state index contributed by atoms with van der Waals surface area (Å²) in [7, 11) is 0. The van der Waals surface area contributed by atoms with Crippen molar-refractivity contribution in [1.29, 1.82) is 0 Å². The highest BCUT2D eigenvalue weighted by atomic mass is 35.5. The van der Waals surface area contributed by atoms with Crippen LogP contribution >= 0.6 is 12.4 Å². The van der Waals surface area contributed by atoms with Crippen molar-refractivity contribution < 1.29 is 14.6 Å². The predicted octanol–water partition coefficient (Wildman–Crippen LogP) is 2.09. The largest absolute Gasteiger partial charge is 0.488 e. The summed E-state index contributed by atoms with van der Waals surface area (Å²) in [5.41, 5.74) is 14.2. The van der Waals surface area contributed by atoms with Crippen molar-refractivity contribution in [1.82, 2.24) is 0 Å². The van der Waals surface area contributed by atoms with Crippen molar-refractivity contribution in [2.45, 2.75) is 31.6 Å². The lowest BCUT2D eigenvalue weighted by Crippen LogP contribution is -2.34. The number of hydrogen-bond donors (Lipinski definition) is 3. The van der Waals surface area contributed by atoms with Crippen molar-refractivity contribution in [3.8, 4) is 5.75 Å². The molecule has 1 amide bonds. The highest BCUT2D eigenvalue weighted by Gasteiger charge is 2.29. The SMILES string of the molecule is Cl.NC(=O)c1c(OCc2ccccc2)ccc2c1CCC(N)C2O. The number of carbonyl (C=O) groups is 1. The van der Waals surface area contributed by atoms with Crippen molar-refractivity contribution in [3.05, 3.63) is 64.7 Å². The van der Waals surface area contributed by atoms with E-state index in [1.807, 2.05) is 30.3 Å². The molecule has 128 valence electrons. The zero-order valence-electron chi connectivity index (χ0n) is 13.1. The number of fused-ring (bicyclic) bond motifs is 1. The number of aliphatic hydroxyl groups excluding tert-OH is 1. The van der Waals surface area contributed by atoms with E-state index < -0.39 is 12.0 Å². The molecule has 24 heavy (non-hydrogen) atoms. The summed E-state index contributed by atoms with van der Waals surface area (Å²) >= 11 is 0. The van der Waals surface area contributed by atoms with Gasteiger partial charge in [-0.1, -0.05) is 36.4 Å². The number of ether oxygens (including phenoxy) is 1. The van der Waals surface area contributed by atoms with Gasteiger partial charge in [-0.05, 0) is 35.6 Å². The van der Waals surface area contributed by atoms with Gasteiger partial charge in [0.25, 0.3) is 5.91 Å². The maximum Gasteiger partial charge on any atom is 0.252 e. The molecule has 2 aromatic carbocycles. The maximum atomic E-state index is 11.9. The molecule has 2 atom stereocenters. The molecule has 6 heteroatoms. The lowest BCUT2D eigenvalue weighted by Gasteiger charge is -2.29. The van der Waals surface area contributed by atoms with E-state index in [2.05, 4.69) is 0 Å². The first-order valence-corrected chi connectivity index (χ1v) is 7.64. The number of rotatable bonds is 4. The molecule has 0 aliphatic heterocycles. The summed E-state index contributed by atoms with van der Waals surface area (Å²) in [5.74, 6) is -0.102. The minimum absolute atomic E-state index is 0. The van der Waals surface area contributed by atoms with Crippen molar-refractivity contribution >= 4 is 18.3 Å². The van der Waals surface area contributed by atoms with E-state index in [4.69, 9.17) is 16.2 Å². The van der Waals surface area contributed by atoms with Crippen molar-refractivity contribution in [2.75, 3.05) is 0 Å². The van der Waals surface area contributed by atoms with Crippen LogP contribution in [0.5, 0.6) is 5.75 Å². The molecule has 5 nitrogen and oxygen atoms in total. The fourth-order valence-electron chi connectivity index (χ4n) is 3.01. The molecule has 3 rings (SSSR count). The minimum atomic E-state index is -0.778. The number of hydrogen-bond acceptors (Lipinski definition) is 4. The molecular formula is C18H21ClN2O3. The Morgan fingerprint density at radius 2 is 1.92 bits per heavy atom. The zero-order valence-corrected chi connectivity index (χ0v) is 14.0. The average molecular weight is 349 g/mol. The average Bonchev–Trinajstić information content (AvgIpc) is 2.56. The number of benzene rings is 2. The van der Waals surface area contributed by atoms with Crippen LogP contribution in [0.1, 0.15) is 39.6 Å². The second kappa shape index (κ2) is 7.66. The third-order valence-corrected chi connectivity index (χ3v) is 4.25. The Kier molecular flexibility index (Phi) is 5.83. The number of primary amides is 1. The monoisotopic (exact) mass is 348 g/mol. The molecule has 1 aliphatic rings. The normalized spacial score (nSPS) is 19.1. The summed E-state index contributed by atoms with van der Waals surface area (Å²) in [5, 5.41) is 10.2. The van der Waals surface area contributed by atoms with Gasteiger partial charge in [-0.3, -0.25) is 4.79 Å². The van der Waals surface area contributed by atoms with Gasteiger partial charge in [0.2, 0.25) is 0 Å². The highest BCUT2D eigenvalue weighted by Crippen LogP contribution is 2.35. The molecule has 0 heterocycles. The molecule has 0 bridgehead atoms. The van der Waals surface area contributed by atoms with Crippen LogP contribution in [0.3, 0.4) is 0 Å². The van der Waals surface area contributed by atoms with E-state index in [-0.39, 0.29) is 18.4 Å². The van der Waals surface area contributed by atoms with E-state index in [1.54, 1.807) is 12.1 Å². The fraction of sp³-hybridized carbons (Fsp3) is 0.278. The van der Waals surface area contributed by atoms with Crippen LogP contribution in [-0.2, 0) is 13.0 Å². The molecule has 1 aliphatic carbocycles. The van der Waals surface area contributed by atoms with Gasteiger partial charge in [-0.2, -0.15) is 0 Å². The zero-order chi connectivity index (χ0) is 16.4. The third kappa shape index (κ3) is 3.53. The van der Waals surface area contributed by atoms with E-state index in [0.29, 0.717) is 36.3 Å². The topological polar surface area (TPSA) is 98.6 Å². The van der Waals surface area contributed by atoms with Gasteiger partial charge >= 0.3 is 0 Å². The van der Waals surface area contributed by atoms with Crippen LogP contribution in [0, 0.1) is 0 Å². The fourth-order valence-corrected chi connectivity index (χ4v) is 3.01. The Morgan fingerprint density at radius 1 is 1.21 bits per heavy atom. The lowest BCUT2D eigenvalue weighted by molar-refractivity contribution is 0.0991. The Balaban J connectivity index is 0.00000208. The third-order valence-electron chi connectivity index (χ3n) is 4.25. The minimum Gasteiger partial charge on any atom is -0.488 e. The number of halogens is 1. The van der Waals surface area contributed by atoms with E-state index >= 15 is 0 Å². The van der Waals surface area contributed by atoms with Crippen molar-refractivity contribution in [2.24, 2.45) is 11.5 Å². The van der Waals surface area contributed by atoms with Crippen LogP contribution in [0.25, 0.3) is 0 Å². The molecule has 0 radical (unpaired) electrons. The Hall–Kier alpha value is -2.08. The maximum absolute atomic E-state index is 11.9. The van der Waals surface area contributed by atoms with Gasteiger partial charge in [-0.25, -0.2) is 0 Å². The number of amides is 1. The van der Waals surface area contributed by atoms with E-state index in [9.17, 15) is 9.90 Å². The molecule has 2 unspecified atom stereocenters. The summed E-state index contributed by atoms with van der Waals surface area (Å²) in [6.07, 6.45) is 0.435. The Morgan fingerprint density at radius 3 is 2.58 bits per heavy atom. The van der Waals surface area contributed by atoms with Gasteiger partial charge in [0.15, 0.2) is 0 Å². The molecule has 5 N–H and O–H groups in total. The second-order valence-corrected chi connectivity index (χ2v) is 5.79. The first kappa shape index (κ1) is 18.3. The van der Waals surface area contributed by atoms with Gasteiger partial charge in [0.05, 0.1) is 11.7 Å². The molecule has 0 aromatic heterocycles. The Labute approximate surface area is 147 Å². The smallest absolute Gasteiger partial charge is 0.252 e. The van der Waals surface area contributed by atoms with E-state index in [0.717, 1.165) is 11.1 Å². The van der Waals surface area contributed by atoms with Crippen LogP contribution in [0.2, 0.25) is 0 Å². The molecule has 0 fully saturated rings. The number of carbonyl (C=O) groups excluding carboxylic acids is 1. The molecular weight excluding hydrogens is 328 g/mol. The van der Waals surface area contributed by atoms with Crippen LogP contribution in [-0.4, -0.2) is 17.1 Å². The van der Waals surface area contributed by atoms with Crippen LogP contribution < -0.4 is 16.2 Å². The van der Waals surface area contributed by atoms with Gasteiger partial charge < -0.3 is 21.3 Å². The molecule has 0 saturated heterocycles. The highest BCUT2D eigenvalue weighted by molar-refractivity contribution is 5.97. The van der Waals surface area contributed by atoms with Crippen molar-refractivity contribution in [3.63, 3.8) is 0 Å². The molecule has 2 aromatic rings. The summed E-state index contributed by atoms with van der Waals surface area (Å²) in [6, 6.07) is 12.8. The van der Waals surface area contributed by atoms with E-state index in [1.165, 1.54) is 0 Å². The first-order valence-electron chi connectivity index (χ1n) is 7.64. The number of aliphatic hydroxyl groups is 1. The lowest BCUT2D eigenvalue weighted by atomic mass is 9.83. The summed E-state index contributed by atoms with van der Waals surface area (Å²) in [6.45, 7) is 0.349. The number of nitrogens with two attached hydrogens (primary N) is 2. The summed E-state index contributed by atoms with van der Waals surface area (Å²) in [4.78, 5) is 11.9. The van der Waals surface area contributed by atoms with Gasteiger partial charge in [0.1, 0.15) is 12.4 Å². The standard InChI is InChI=1S/C18H20N2O3.ClH/c19-14-8-6-12-13(17(14)21)7-9-15(16(12)18(20)22)23-10-11-4-2-1-3-5-11;/h1-5,7,9,14,17,21H,6,8,10,19H2,(H2,20,22);1H. The second-order valence-electron chi connectivity index (χ2n) is 5.79. The Bertz CT molecular complexity index is 722. The predicted molar refractivity (Wildman–Crippen MR) is 94.2 cm³/mol. The van der Waals surface area contributed by atoms with Crippen LogP contribution in [0.15, 0.2) is 42.5 Å². The molecule has 0 saturated carbocycles. The van der Waals surface area contributed by atoms with Gasteiger partial charge in [-0.15, -0.1) is 12.4 Å². The van der Waals surface area contributed by atoms with Crippen LogP contribution in [0.4, 0.5) is 0 Å². The molecule has 0 spiro atoms. The van der Waals surface area contributed by atoms with Gasteiger partial charge in [0, 0.05) is 6.04 Å². The first-order chi connectivity index (χ1) is 11.1. The quantitative estimate of drug-likeness (QED) is 0.787.